The first-order valence-electron chi connectivity index (χ1n) is 8.01. The molecule has 0 saturated heterocycles. The Labute approximate surface area is 129 Å². The number of nitrogens with one attached hydrogen (secondary N) is 1. The summed E-state index contributed by atoms with van der Waals surface area (Å²) >= 11 is 0. The van der Waals surface area contributed by atoms with Gasteiger partial charge in [0.25, 0.3) is 0 Å². The summed E-state index contributed by atoms with van der Waals surface area (Å²) in [5, 5.41) is 13.3. The highest BCUT2D eigenvalue weighted by molar-refractivity contribution is 5.17. The highest BCUT2D eigenvalue weighted by Crippen LogP contribution is 2.40. The molecule has 2 atom stereocenters. The van der Waals surface area contributed by atoms with Crippen molar-refractivity contribution in [2.24, 2.45) is 5.92 Å². The Bertz CT molecular complexity index is 328. The molecule has 1 fully saturated rings. The first kappa shape index (κ1) is 18.4. The van der Waals surface area contributed by atoms with Crippen LogP contribution in [0, 0.1) is 17.2 Å². The minimum Gasteiger partial charge on any atom is -0.383 e. The lowest BCUT2D eigenvalue weighted by atomic mass is 9.93. The average molecular weight is 297 g/mol. The number of methoxy groups -OCH3 is 2. The summed E-state index contributed by atoms with van der Waals surface area (Å²) < 4.78 is 10.5. The zero-order valence-corrected chi connectivity index (χ0v) is 14.0. The van der Waals surface area contributed by atoms with Crippen molar-refractivity contribution in [1.82, 2.24) is 10.2 Å². The number of nitriles is 1. The smallest absolute Gasteiger partial charge is 0.122 e. The van der Waals surface area contributed by atoms with Crippen molar-refractivity contribution in [1.29, 1.82) is 5.26 Å². The van der Waals surface area contributed by atoms with Crippen molar-refractivity contribution in [3.8, 4) is 6.07 Å². The van der Waals surface area contributed by atoms with E-state index in [0.29, 0.717) is 19.1 Å². The van der Waals surface area contributed by atoms with Crippen LogP contribution in [-0.4, -0.2) is 63.5 Å². The van der Waals surface area contributed by atoms with Gasteiger partial charge in [-0.05, 0) is 38.6 Å². The Morgan fingerprint density at radius 1 is 1.38 bits per heavy atom. The Morgan fingerprint density at radius 2 is 2.10 bits per heavy atom. The lowest BCUT2D eigenvalue weighted by Gasteiger charge is -2.37. The third-order valence-electron chi connectivity index (χ3n) is 4.23. The van der Waals surface area contributed by atoms with Crippen molar-refractivity contribution in [2.75, 3.05) is 47.1 Å². The zero-order valence-electron chi connectivity index (χ0n) is 14.0. The number of nitrogens with zero attached hydrogens (tertiary/aromatic N) is 2. The average Bonchev–Trinajstić information content (AvgIpc) is 3.32. The lowest BCUT2D eigenvalue weighted by molar-refractivity contribution is 0.0587. The largest absolute Gasteiger partial charge is 0.383 e. The van der Waals surface area contributed by atoms with E-state index in [1.165, 1.54) is 0 Å². The Hall–Kier alpha value is -0.670. The summed E-state index contributed by atoms with van der Waals surface area (Å²) in [6.07, 6.45) is 3.35. The molecule has 0 radical (unpaired) electrons. The van der Waals surface area contributed by atoms with Crippen molar-refractivity contribution in [3.63, 3.8) is 0 Å². The predicted octanol–water partition coefficient (Wildman–Crippen LogP) is 1.64. The summed E-state index contributed by atoms with van der Waals surface area (Å²) in [5.41, 5.74) is -0.425. The maximum Gasteiger partial charge on any atom is 0.122 e. The molecule has 1 rings (SSSR count). The van der Waals surface area contributed by atoms with E-state index in [1.807, 2.05) is 0 Å². The van der Waals surface area contributed by atoms with Crippen LogP contribution in [0.3, 0.4) is 0 Å². The monoisotopic (exact) mass is 297 g/mol. The van der Waals surface area contributed by atoms with Gasteiger partial charge in [0.15, 0.2) is 0 Å². The van der Waals surface area contributed by atoms with Gasteiger partial charge in [0.05, 0.1) is 19.3 Å². The molecule has 122 valence electrons. The summed E-state index contributed by atoms with van der Waals surface area (Å²) in [6.45, 7) is 8.08. The van der Waals surface area contributed by atoms with Gasteiger partial charge in [-0.3, -0.25) is 10.2 Å². The summed E-state index contributed by atoms with van der Waals surface area (Å²) in [4.78, 5) is 2.32. The second kappa shape index (κ2) is 9.37. The third kappa shape index (κ3) is 5.55. The maximum atomic E-state index is 9.80. The zero-order chi connectivity index (χ0) is 15.7. The van der Waals surface area contributed by atoms with Gasteiger partial charge in [-0.25, -0.2) is 0 Å². The van der Waals surface area contributed by atoms with Crippen LogP contribution < -0.4 is 5.32 Å². The van der Waals surface area contributed by atoms with Gasteiger partial charge < -0.3 is 9.47 Å². The molecular formula is C16H31N3O2. The van der Waals surface area contributed by atoms with Crippen LogP contribution in [0.15, 0.2) is 0 Å². The molecule has 5 heteroatoms. The number of hydrogen-bond donors (Lipinski definition) is 1. The van der Waals surface area contributed by atoms with Crippen molar-refractivity contribution in [3.05, 3.63) is 0 Å². The van der Waals surface area contributed by atoms with E-state index >= 15 is 0 Å². The molecule has 2 unspecified atom stereocenters. The molecule has 1 aliphatic rings. The van der Waals surface area contributed by atoms with Gasteiger partial charge in [-0.1, -0.05) is 6.92 Å². The van der Waals surface area contributed by atoms with Crippen LogP contribution in [0.2, 0.25) is 0 Å². The van der Waals surface area contributed by atoms with Crippen LogP contribution in [0.25, 0.3) is 0 Å². The summed E-state index contributed by atoms with van der Waals surface area (Å²) in [6, 6.07) is 2.86. The number of rotatable bonds is 12. The van der Waals surface area contributed by atoms with Gasteiger partial charge >= 0.3 is 0 Å². The Kier molecular flexibility index (Phi) is 8.20. The van der Waals surface area contributed by atoms with E-state index in [4.69, 9.17) is 9.47 Å². The highest BCUT2D eigenvalue weighted by atomic mass is 16.5. The van der Waals surface area contributed by atoms with E-state index in [2.05, 4.69) is 30.1 Å². The first-order chi connectivity index (χ1) is 10.1. The SMILES string of the molecule is CCCNC(C#N)(CN(CCOC)C(C)COC)C1CC1. The highest BCUT2D eigenvalue weighted by Gasteiger charge is 2.46. The summed E-state index contributed by atoms with van der Waals surface area (Å²) in [5.74, 6) is 0.480. The molecule has 1 saturated carbocycles. The molecule has 5 nitrogen and oxygen atoms in total. The fourth-order valence-electron chi connectivity index (χ4n) is 2.75. The third-order valence-corrected chi connectivity index (χ3v) is 4.23. The van der Waals surface area contributed by atoms with E-state index in [1.54, 1.807) is 14.2 Å². The normalized spacial score (nSPS) is 19.2. The molecule has 0 spiro atoms. The Morgan fingerprint density at radius 3 is 2.57 bits per heavy atom. The van der Waals surface area contributed by atoms with Crippen LogP contribution in [-0.2, 0) is 9.47 Å². The topological polar surface area (TPSA) is 57.5 Å². The first-order valence-corrected chi connectivity index (χ1v) is 8.01. The van der Waals surface area contributed by atoms with E-state index in [-0.39, 0.29) is 6.04 Å². The molecule has 1 aliphatic carbocycles. The second-order valence-electron chi connectivity index (χ2n) is 6.05. The van der Waals surface area contributed by atoms with Crippen molar-refractivity contribution < 1.29 is 9.47 Å². The fraction of sp³-hybridized carbons (Fsp3) is 0.938. The molecule has 0 aromatic carbocycles. The molecule has 0 heterocycles. The molecule has 0 aromatic rings. The Balaban J connectivity index is 2.76. The molecule has 0 bridgehead atoms. The van der Waals surface area contributed by atoms with E-state index < -0.39 is 5.54 Å². The number of ether oxygens (including phenoxy) is 2. The van der Waals surface area contributed by atoms with Gasteiger partial charge in [0.1, 0.15) is 5.54 Å². The van der Waals surface area contributed by atoms with Gasteiger partial charge in [0, 0.05) is 33.4 Å². The van der Waals surface area contributed by atoms with Gasteiger partial charge in [-0.2, -0.15) is 5.26 Å². The fourth-order valence-corrected chi connectivity index (χ4v) is 2.75. The predicted molar refractivity (Wildman–Crippen MR) is 84.1 cm³/mol. The molecule has 21 heavy (non-hydrogen) atoms. The molecule has 1 N–H and O–H groups in total. The van der Waals surface area contributed by atoms with Gasteiger partial charge in [0.2, 0.25) is 0 Å². The molecule has 0 aliphatic heterocycles. The van der Waals surface area contributed by atoms with E-state index in [0.717, 1.165) is 38.9 Å². The van der Waals surface area contributed by atoms with Crippen LogP contribution in [0.1, 0.15) is 33.1 Å². The second-order valence-corrected chi connectivity index (χ2v) is 6.05. The van der Waals surface area contributed by atoms with Crippen LogP contribution >= 0.6 is 0 Å². The molecule has 0 aromatic heterocycles. The maximum absolute atomic E-state index is 9.80. The molecule has 0 amide bonds. The lowest BCUT2D eigenvalue weighted by Crippen LogP contribution is -2.57. The minimum absolute atomic E-state index is 0.278. The van der Waals surface area contributed by atoms with Gasteiger partial charge in [-0.15, -0.1) is 0 Å². The van der Waals surface area contributed by atoms with E-state index in [9.17, 15) is 5.26 Å². The van der Waals surface area contributed by atoms with Crippen LogP contribution in [0.4, 0.5) is 0 Å². The van der Waals surface area contributed by atoms with Crippen LogP contribution in [0.5, 0.6) is 0 Å². The van der Waals surface area contributed by atoms with Crippen molar-refractivity contribution >= 4 is 0 Å². The minimum atomic E-state index is -0.425. The quantitative estimate of drug-likeness (QED) is 0.593. The molecular weight excluding hydrogens is 266 g/mol. The van der Waals surface area contributed by atoms with Crippen molar-refractivity contribution in [2.45, 2.75) is 44.7 Å². The standard InChI is InChI=1S/C16H31N3O2/c1-5-8-18-16(12-17,15-6-7-15)13-19(9-10-20-3)14(2)11-21-4/h14-15,18H,5-11,13H2,1-4H3. The summed E-state index contributed by atoms with van der Waals surface area (Å²) in [7, 11) is 3.44. The number of hydrogen-bond acceptors (Lipinski definition) is 5.